The van der Waals surface area contributed by atoms with Gasteiger partial charge in [0.2, 0.25) is 0 Å². The monoisotopic (exact) mass is 406 g/mol. The van der Waals surface area contributed by atoms with Crippen LogP contribution in [-0.2, 0) is 18.4 Å². The molecule has 0 fully saturated rings. The Labute approximate surface area is 152 Å². The van der Waals surface area contributed by atoms with Gasteiger partial charge in [0.1, 0.15) is 23.1 Å². The molecule has 0 bridgehead atoms. The SMILES string of the molecule is COc1ccc(Br)cc1-c1nc(COC(=O)c2cccn2C)cs1. The number of thiazole rings is 1. The van der Waals surface area contributed by atoms with Gasteiger partial charge in [0.05, 0.1) is 18.4 Å². The molecule has 2 aromatic heterocycles. The van der Waals surface area contributed by atoms with E-state index in [1.807, 2.05) is 23.6 Å². The number of benzene rings is 1. The summed E-state index contributed by atoms with van der Waals surface area (Å²) in [7, 11) is 3.43. The molecule has 0 aliphatic heterocycles. The zero-order chi connectivity index (χ0) is 17.1. The van der Waals surface area contributed by atoms with E-state index in [1.54, 1.807) is 37.1 Å². The molecule has 24 heavy (non-hydrogen) atoms. The largest absolute Gasteiger partial charge is 0.496 e. The van der Waals surface area contributed by atoms with Crippen LogP contribution in [0.3, 0.4) is 0 Å². The summed E-state index contributed by atoms with van der Waals surface area (Å²) < 4.78 is 13.4. The summed E-state index contributed by atoms with van der Waals surface area (Å²) in [6.45, 7) is 0.136. The van der Waals surface area contributed by atoms with E-state index in [0.29, 0.717) is 11.4 Å². The Balaban J connectivity index is 1.73. The lowest BCUT2D eigenvalue weighted by molar-refractivity contribution is 0.0457. The quantitative estimate of drug-likeness (QED) is 0.593. The second-order valence-electron chi connectivity index (χ2n) is 5.07. The molecule has 0 aliphatic rings. The van der Waals surface area contributed by atoms with Gasteiger partial charge >= 0.3 is 5.97 Å². The number of rotatable bonds is 5. The van der Waals surface area contributed by atoms with Crippen LogP contribution in [0.1, 0.15) is 16.2 Å². The van der Waals surface area contributed by atoms with Gasteiger partial charge in [-0.3, -0.25) is 0 Å². The molecule has 0 spiro atoms. The van der Waals surface area contributed by atoms with Crippen LogP contribution in [0.4, 0.5) is 0 Å². The summed E-state index contributed by atoms with van der Waals surface area (Å²) in [5.41, 5.74) is 2.12. The Kier molecular flexibility index (Phi) is 5.01. The van der Waals surface area contributed by atoms with Crippen molar-refractivity contribution in [3.05, 3.63) is 57.8 Å². The Morgan fingerprint density at radius 2 is 2.21 bits per heavy atom. The molecule has 2 heterocycles. The predicted molar refractivity (Wildman–Crippen MR) is 96.3 cm³/mol. The van der Waals surface area contributed by atoms with Crippen molar-refractivity contribution in [1.82, 2.24) is 9.55 Å². The van der Waals surface area contributed by atoms with Crippen LogP contribution >= 0.6 is 27.3 Å². The molecule has 3 aromatic rings. The Morgan fingerprint density at radius 1 is 1.38 bits per heavy atom. The van der Waals surface area contributed by atoms with E-state index in [1.165, 1.54) is 11.3 Å². The number of carbonyl (C=O) groups is 1. The fourth-order valence-electron chi connectivity index (χ4n) is 2.23. The zero-order valence-electron chi connectivity index (χ0n) is 13.2. The fourth-order valence-corrected chi connectivity index (χ4v) is 3.42. The Bertz CT molecular complexity index is 872. The maximum atomic E-state index is 12.0. The third-order valence-electron chi connectivity index (χ3n) is 3.45. The number of nitrogens with zero attached hydrogens (tertiary/aromatic N) is 2. The molecule has 0 saturated heterocycles. The smallest absolute Gasteiger partial charge is 0.355 e. The molecule has 5 nitrogen and oxygen atoms in total. The van der Waals surface area contributed by atoms with Crippen LogP contribution in [0.5, 0.6) is 5.75 Å². The van der Waals surface area contributed by atoms with Gasteiger partial charge in [-0.1, -0.05) is 15.9 Å². The first-order valence-corrected chi connectivity index (χ1v) is 8.82. The topological polar surface area (TPSA) is 53.4 Å². The molecule has 124 valence electrons. The molecule has 0 aliphatic carbocycles. The summed E-state index contributed by atoms with van der Waals surface area (Å²) in [5.74, 6) is 0.386. The van der Waals surface area contributed by atoms with Gasteiger partial charge in [-0.2, -0.15) is 0 Å². The summed E-state index contributed by atoms with van der Waals surface area (Å²) in [6, 6.07) is 9.28. The molecule has 3 rings (SSSR count). The van der Waals surface area contributed by atoms with Crippen LogP contribution in [0.2, 0.25) is 0 Å². The van der Waals surface area contributed by atoms with Crippen LogP contribution in [-0.4, -0.2) is 22.6 Å². The molecule has 0 unspecified atom stereocenters. The van der Waals surface area contributed by atoms with Gasteiger partial charge in [-0.25, -0.2) is 9.78 Å². The molecule has 0 atom stereocenters. The Morgan fingerprint density at radius 3 is 2.92 bits per heavy atom. The average molecular weight is 407 g/mol. The number of methoxy groups -OCH3 is 1. The van der Waals surface area contributed by atoms with E-state index >= 15 is 0 Å². The van der Waals surface area contributed by atoms with Gasteiger partial charge in [-0.05, 0) is 30.3 Å². The van der Waals surface area contributed by atoms with Crippen molar-refractivity contribution >= 4 is 33.2 Å². The highest BCUT2D eigenvalue weighted by Crippen LogP contribution is 2.34. The van der Waals surface area contributed by atoms with Gasteiger partial charge in [0.25, 0.3) is 0 Å². The van der Waals surface area contributed by atoms with E-state index in [9.17, 15) is 4.79 Å². The van der Waals surface area contributed by atoms with Crippen molar-refractivity contribution in [1.29, 1.82) is 0 Å². The van der Waals surface area contributed by atoms with Gasteiger partial charge < -0.3 is 14.0 Å². The number of aromatic nitrogens is 2. The molecule has 0 radical (unpaired) electrons. The third kappa shape index (κ3) is 3.52. The van der Waals surface area contributed by atoms with Crippen LogP contribution in [0.25, 0.3) is 10.6 Å². The van der Waals surface area contributed by atoms with Crippen LogP contribution in [0, 0.1) is 0 Å². The number of hydrogen-bond acceptors (Lipinski definition) is 5. The summed E-state index contributed by atoms with van der Waals surface area (Å²) in [6.07, 6.45) is 1.80. The zero-order valence-corrected chi connectivity index (χ0v) is 15.6. The maximum Gasteiger partial charge on any atom is 0.355 e. The van der Waals surface area contributed by atoms with Crippen molar-refractivity contribution in [2.45, 2.75) is 6.61 Å². The minimum absolute atomic E-state index is 0.136. The second-order valence-corrected chi connectivity index (χ2v) is 6.84. The fraction of sp³-hybridized carbons (Fsp3) is 0.176. The van der Waals surface area contributed by atoms with Crippen LogP contribution < -0.4 is 4.74 Å². The lowest BCUT2D eigenvalue weighted by Crippen LogP contribution is -2.09. The van der Waals surface area contributed by atoms with Crippen molar-refractivity contribution in [2.75, 3.05) is 7.11 Å². The van der Waals surface area contributed by atoms with E-state index in [-0.39, 0.29) is 12.6 Å². The molecule has 0 amide bonds. The minimum Gasteiger partial charge on any atom is -0.496 e. The number of ether oxygens (including phenoxy) is 2. The summed E-state index contributed by atoms with van der Waals surface area (Å²) in [5, 5.41) is 2.70. The van der Waals surface area contributed by atoms with Crippen molar-refractivity contribution in [3.63, 3.8) is 0 Å². The van der Waals surface area contributed by atoms with Gasteiger partial charge in [0.15, 0.2) is 0 Å². The number of aryl methyl sites for hydroxylation is 1. The van der Waals surface area contributed by atoms with Crippen molar-refractivity contribution in [2.24, 2.45) is 7.05 Å². The highest BCUT2D eigenvalue weighted by atomic mass is 79.9. The van der Waals surface area contributed by atoms with E-state index in [0.717, 1.165) is 20.8 Å². The van der Waals surface area contributed by atoms with Crippen molar-refractivity contribution < 1.29 is 14.3 Å². The molecular weight excluding hydrogens is 392 g/mol. The lowest BCUT2D eigenvalue weighted by atomic mass is 10.2. The maximum absolute atomic E-state index is 12.0. The summed E-state index contributed by atoms with van der Waals surface area (Å²) >= 11 is 4.94. The molecule has 0 N–H and O–H groups in total. The van der Waals surface area contributed by atoms with Crippen molar-refractivity contribution in [3.8, 4) is 16.3 Å². The average Bonchev–Trinajstić information content (AvgIpc) is 3.21. The number of hydrogen-bond donors (Lipinski definition) is 0. The first-order valence-electron chi connectivity index (χ1n) is 7.15. The lowest BCUT2D eigenvalue weighted by Gasteiger charge is -2.06. The highest BCUT2D eigenvalue weighted by molar-refractivity contribution is 9.10. The number of esters is 1. The molecular formula is C17H15BrN2O3S. The molecule has 1 aromatic carbocycles. The van der Waals surface area contributed by atoms with Gasteiger partial charge in [0, 0.05) is 23.1 Å². The van der Waals surface area contributed by atoms with Gasteiger partial charge in [-0.15, -0.1) is 11.3 Å². The first-order chi connectivity index (χ1) is 11.6. The summed E-state index contributed by atoms with van der Waals surface area (Å²) in [4.78, 5) is 16.6. The number of halogens is 1. The third-order valence-corrected chi connectivity index (χ3v) is 4.87. The molecule has 0 saturated carbocycles. The molecule has 7 heteroatoms. The second kappa shape index (κ2) is 7.19. The highest BCUT2D eigenvalue weighted by Gasteiger charge is 2.14. The van der Waals surface area contributed by atoms with E-state index in [2.05, 4.69) is 20.9 Å². The van der Waals surface area contributed by atoms with E-state index < -0.39 is 0 Å². The minimum atomic E-state index is -0.364. The van der Waals surface area contributed by atoms with Crippen LogP contribution in [0.15, 0.2) is 46.4 Å². The van der Waals surface area contributed by atoms with E-state index in [4.69, 9.17) is 9.47 Å². The normalized spacial score (nSPS) is 10.6. The standard InChI is InChI=1S/C17H15BrN2O3S/c1-20-7-3-4-14(20)17(21)23-9-12-10-24-16(19-12)13-8-11(18)5-6-15(13)22-2/h3-8,10H,9H2,1-2H3. The number of carbonyl (C=O) groups excluding carboxylic acids is 1. The first kappa shape index (κ1) is 16.7. The Hall–Kier alpha value is -2.12. The predicted octanol–water partition coefficient (Wildman–Crippen LogP) is 4.28.